The van der Waals surface area contributed by atoms with Crippen molar-refractivity contribution < 1.29 is 14.0 Å². The molecule has 6 aromatic rings. The Balaban J connectivity index is 0.000000182. The van der Waals surface area contributed by atoms with Gasteiger partial charge in [0, 0.05) is 46.7 Å². The number of thiol groups is 1. The molecular weight excluding hydrogens is 660 g/mol. The maximum Gasteiger partial charge on any atom is 0.193 e. The number of benzene rings is 6. The summed E-state index contributed by atoms with van der Waals surface area (Å²) < 4.78 is 12.7. The third kappa shape index (κ3) is 11.6. The van der Waals surface area contributed by atoms with Gasteiger partial charge in [-0.1, -0.05) is 48.2 Å². The number of halogens is 1. The quantitative estimate of drug-likeness (QED) is 0.0976. The van der Waals surface area contributed by atoms with Gasteiger partial charge in [-0.05, 0) is 134 Å². The van der Waals surface area contributed by atoms with Crippen molar-refractivity contribution in [2.24, 2.45) is 0 Å². The lowest BCUT2D eigenvalue weighted by Gasteiger charge is -2.05. The summed E-state index contributed by atoms with van der Waals surface area (Å²) in [5.41, 5.74) is 2.57. The lowest BCUT2D eigenvalue weighted by Crippen LogP contribution is -2.00. The van der Waals surface area contributed by atoms with Crippen molar-refractivity contribution in [1.82, 2.24) is 0 Å². The van der Waals surface area contributed by atoms with Crippen LogP contribution in [-0.4, -0.2) is 24.1 Å². The predicted octanol–water partition coefficient (Wildman–Crippen LogP) is 11.5. The molecule has 0 saturated carbocycles. The van der Waals surface area contributed by atoms with E-state index in [2.05, 4.69) is 24.8 Å². The van der Waals surface area contributed by atoms with Crippen LogP contribution in [0.4, 0.5) is 4.39 Å². The van der Waals surface area contributed by atoms with E-state index >= 15 is 0 Å². The summed E-state index contributed by atoms with van der Waals surface area (Å²) in [7, 11) is 0. The van der Waals surface area contributed by atoms with Crippen molar-refractivity contribution in [3.63, 3.8) is 0 Å². The Morgan fingerprint density at radius 1 is 0.447 bits per heavy atom. The number of rotatable bonds is 8. The van der Waals surface area contributed by atoms with E-state index < -0.39 is 0 Å². The number of hydrogen-bond acceptors (Lipinski definition) is 6. The fourth-order valence-electron chi connectivity index (χ4n) is 4.15. The maximum absolute atomic E-state index is 12.7. The summed E-state index contributed by atoms with van der Waals surface area (Å²) in [6.45, 7) is 0. The molecule has 6 aromatic carbocycles. The van der Waals surface area contributed by atoms with E-state index in [1.165, 1.54) is 29.2 Å². The monoisotopic (exact) mass is 692 g/mol. The molecule has 0 saturated heterocycles. The Bertz CT molecular complexity index is 1830. The minimum Gasteiger partial charge on any atom is -0.289 e. The molecular formula is C40H33FO2S4. The minimum absolute atomic E-state index is 0.0638. The van der Waals surface area contributed by atoms with E-state index in [4.69, 9.17) is 0 Å². The molecule has 0 aromatic heterocycles. The smallest absolute Gasteiger partial charge is 0.193 e. The first kappa shape index (κ1) is 35.8. The zero-order valence-electron chi connectivity index (χ0n) is 25.9. The topological polar surface area (TPSA) is 34.1 Å². The van der Waals surface area contributed by atoms with Gasteiger partial charge in [-0.25, -0.2) is 4.39 Å². The van der Waals surface area contributed by atoms with Gasteiger partial charge in [0.2, 0.25) is 0 Å². The first-order chi connectivity index (χ1) is 22.9. The fraction of sp³-hybridized carbons (Fsp3) is 0.0500. The number of carbonyl (C=O) groups excluding carboxylic acids is 2. The van der Waals surface area contributed by atoms with Gasteiger partial charge < -0.3 is 0 Å². The van der Waals surface area contributed by atoms with Crippen LogP contribution in [0.3, 0.4) is 0 Å². The van der Waals surface area contributed by atoms with E-state index in [-0.39, 0.29) is 17.4 Å². The highest BCUT2D eigenvalue weighted by Gasteiger charge is 2.10. The molecule has 0 heterocycles. The summed E-state index contributed by atoms with van der Waals surface area (Å²) in [5.74, 6) is -0.356. The molecule has 47 heavy (non-hydrogen) atoms. The lowest BCUT2D eigenvalue weighted by atomic mass is 10.0. The van der Waals surface area contributed by atoms with Crippen molar-refractivity contribution in [2.75, 3.05) is 12.5 Å². The molecule has 2 nitrogen and oxygen atoms in total. The molecule has 0 aliphatic carbocycles. The molecule has 0 N–H and O–H groups in total. The summed E-state index contributed by atoms with van der Waals surface area (Å²) in [6, 6.07) is 48.5. The Morgan fingerprint density at radius 2 is 0.766 bits per heavy atom. The molecule has 0 aliphatic heterocycles. The zero-order valence-corrected chi connectivity index (χ0v) is 29.2. The van der Waals surface area contributed by atoms with Crippen molar-refractivity contribution in [1.29, 1.82) is 0 Å². The van der Waals surface area contributed by atoms with E-state index in [9.17, 15) is 14.0 Å². The van der Waals surface area contributed by atoms with Crippen LogP contribution in [0.1, 0.15) is 31.8 Å². The van der Waals surface area contributed by atoms with Gasteiger partial charge in [0.1, 0.15) is 5.82 Å². The molecule has 0 spiro atoms. The molecule has 236 valence electrons. The Hall–Kier alpha value is -4.01. The van der Waals surface area contributed by atoms with Crippen LogP contribution >= 0.6 is 47.9 Å². The average Bonchev–Trinajstić information content (AvgIpc) is 3.13. The fourth-order valence-corrected chi connectivity index (χ4v) is 5.97. The average molecular weight is 693 g/mol. The second kappa shape index (κ2) is 19.0. The highest BCUT2D eigenvalue weighted by atomic mass is 32.2. The summed E-state index contributed by atoms with van der Waals surface area (Å²) >= 11 is 9.08. The molecule has 0 unspecified atom stereocenters. The molecule has 0 atom stereocenters. The zero-order chi connectivity index (χ0) is 33.4. The van der Waals surface area contributed by atoms with Crippen LogP contribution in [0.5, 0.6) is 0 Å². The molecule has 0 bridgehead atoms. The first-order valence-electron chi connectivity index (χ1n) is 14.6. The highest BCUT2D eigenvalue weighted by Crippen LogP contribution is 2.28. The third-order valence-electron chi connectivity index (χ3n) is 6.66. The number of hydrogen-bond donors (Lipinski definition) is 1. The summed E-state index contributed by atoms with van der Waals surface area (Å²) in [5, 5.41) is 0. The molecule has 6 rings (SSSR count). The standard InChI is InChI=1S/C20H16OS2.C14H11FOS.C6H6S/c1-22-17-11-7-15(8-12-17)20(21)16-9-13-19(14-10-16)23-18-5-3-2-4-6-18;1-17-13-8-4-11(5-9-13)14(16)10-2-6-12(15)7-3-10;7-6-4-2-1-3-5-6/h2-14H,1H3;2-9H,1H3;1-5,7H. The van der Waals surface area contributed by atoms with E-state index in [1.54, 1.807) is 47.4 Å². The Morgan fingerprint density at radius 3 is 1.11 bits per heavy atom. The van der Waals surface area contributed by atoms with Gasteiger partial charge in [-0.3, -0.25) is 9.59 Å². The van der Waals surface area contributed by atoms with Crippen molar-refractivity contribution in [3.05, 3.63) is 186 Å². The summed E-state index contributed by atoms with van der Waals surface area (Å²) in [6.07, 6.45) is 4.01. The molecule has 0 aliphatic rings. The van der Waals surface area contributed by atoms with Gasteiger partial charge in [0.25, 0.3) is 0 Å². The number of ketones is 2. The third-order valence-corrected chi connectivity index (χ3v) is 9.46. The van der Waals surface area contributed by atoms with E-state index in [1.807, 2.05) is 122 Å². The normalized spacial score (nSPS) is 10.1. The number of carbonyl (C=O) groups is 2. The van der Waals surface area contributed by atoms with Crippen LogP contribution < -0.4 is 0 Å². The second-order valence-electron chi connectivity index (χ2n) is 9.90. The first-order valence-corrected chi connectivity index (χ1v) is 18.3. The Labute approximate surface area is 294 Å². The van der Waals surface area contributed by atoms with Crippen LogP contribution in [0.25, 0.3) is 0 Å². The van der Waals surface area contributed by atoms with E-state index in [0.29, 0.717) is 11.1 Å². The van der Waals surface area contributed by atoms with Crippen molar-refractivity contribution in [3.8, 4) is 0 Å². The van der Waals surface area contributed by atoms with Crippen LogP contribution in [0.2, 0.25) is 0 Å². The van der Waals surface area contributed by atoms with Crippen LogP contribution in [0, 0.1) is 5.82 Å². The van der Waals surface area contributed by atoms with E-state index in [0.717, 1.165) is 30.7 Å². The lowest BCUT2D eigenvalue weighted by molar-refractivity contribution is 0.103. The van der Waals surface area contributed by atoms with Gasteiger partial charge in [0.05, 0.1) is 0 Å². The minimum atomic E-state index is -0.334. The van der Waals surface area contributed by atoms with Crippen LogP contribution in [0.15, 0.2) is 182 Å². The van der Waals surface area contributed by atoms with Gasteiger partial charge in [-0.15, -0.1) is 36.2 Å². The molecule has 0 radical (unpaired) electrons. The molecule has 7 heteroatoms. The Kier molecular flexibility index (Phi) is 14.5. The van der Waals surface area contributed by atoms with Crippen molar-refractivity contribution in [2.45, 2.75) is 24.5 Å². The summed E-state index contributed by atoms with van der Waals surface area (Å²) in [4.78, 5) is 30.1. The highest BCUT2D eigenvalue weighted by molar-refractivity contribution is 7.99. The predicted molar refractivity (Wildman–Crippen MR) is 200 cm³/mol. The number of thioether (sulfide) groups is 2. The SMILES string of the molecule is CSc1ccc(C(=O)c2ccc(F)cc2)cc1.CSc1ccc(C(=O)c2ccc(Sc3ccccc3)cc2)cc1.Sc1ccccc1. The molecule has 0 fully saturated rings. The van der Waals surface area contributed by atoms with Gasteiger partial charge >= 0.3 is 0 Å². The van der Waals surface area contributed by atoms with Crippen molar-refractivity contribution >= 4 is 59.5 Å². The van der Waals surface area contributed by atoms with Gasteiger partial charge in [-0.2, -0.15) is 0 Å². The van der Waals surface area contributed by atoms with Crippen LogP contribution in [-0.2, 0) is 0 Å². The maximum atomic E-state index is 12.7. The largest absolute Gasteiger partial charge is 0.289 e. The second-order valence-corrected chi connectivity index (χ2v) is 13.3. The molecule has 0 amide bonds. The van der Waals surface area contributed by atoms with Gasteiger partial charge in [0.15, 0.2) is 11.6 Å².